The van der Waals surface area contributed by atoms with Crippen molar-refractivity contribution in [3.63, 3.8) is 0 Å². The van der Waals surface area contributed by atoms with E-state index in [0.717, 1.165) is 89.9 Å². The van der Waals surface area contributed by atoms with Gasteiger partial charge < -0.3 is 64.2 Å². The maximum Gasteiger partial charge on any atom is 0.306 e. The van der Waals surface area contributed by atoms with Gasteiger partial charge in [0.15, 0.2) is 12.6 Å². The summed E-state index contributed by atoms with van der Waals surface area (Å²) < 4.78 is 34.5. The van der Waals surface area contributed by atoms with E-state index in [1.807, 2.05) is 0 Å². The Bertz CT molecular complexity index is 1520. The molecule has 0 amide bonds. The van der Waals surface area contributed by atoms with E-state index >= 15 is 0 Å². The molecule has 2 aliphatic heterocycles. The Morgan fingerprint density at radius 2 is 0.833 bits per heavy atom. The molecule has 2 saturated heterocycles. The molecule has 0 saturated carbocycles. The van der Waals surface area contributed by atoms with Gasteiger partial charge in [0, 0.05) is 13.0 Å². The topological polar surface area (TPSA) is 214 Å². The number of esters is 1. The van der Waals surface area contributed by atoms with Gasteiger partial charge in [-0.05, 0) is 57.8 Å². The lowest BCUT2D eigenvalue weighted by atomic mass is 9.98. The Labute approximate surface area is 473 Å². The summed E-state index contributed by atoms with van der Waals surface area (Å²) in [5.74, 6) is -0.378. The van der Waals surface area contributed by atoms with E-state index in [0.29, 0.717) is 13.0 Å². The molecule has 2 aliphatic rings. The van der Waals surface area contributed by atoms with Crippen molar-refractivity contribution in [1.29, 1.82) is 0 Å². The minimum atomic E-state index is -1.71. The Morgan fingerprint density at radius 1 is 0.436 bits per heavy atom. The summed E-state index contributed by atoms with van der Waals surface area (Å²) in [6.45, 7) is 3.58. The molecule has 7 N–H and O–H groups in total. The summed E-state index contributed by atoms with van der Waals surface area (Å²) >= 11 is 0. The van der Waals surface area contributed by atoms with Gasteiger partial charge in [0.1, 0.15) is 54.9 Å². The van der Waals surface area contributed by atoms with Gasteiger partial charge in [-0.1, -0.05) is 235 Å². The first-order valence-corrected chi connectivity index (χ1v) is 31.4. The molecule has 14 heteroatoms. The van der Waals surface area contributed by atoms with Crippen molar-refractivity contribution in [2.45, 2.75) is 306 Å². The van der Waals surface area contributed by atoms with E-state index in [-0.39, 0.29) is 25.6 Å². The van der Waals surface area contributed by atoms with E-state index in [1.165, 1.54) is 122 Å². The van der Waals surface area contributed by atoms with Crippen LogP contribution in [0.25, 0.3) is 0 Å². The summed E-state index contributed by atoms with van der Waals surface area (Å²) in [6, 6.07) is 0. The minimum Gasteiger partial charge on any atom is -0.457 e. The van der Waals surface area contributed by atoms with Crippen LogP contribution in [0.2, 0.25) is 0 Å². The highest BCUT2D eigenvalue weighted by Gasteiger charge is 2.47. The van der Waals surface area contributed by atoms with Gasteiger partial charge in [-0.2, -0.15) is 0 Å². The van der Waals surface area contributed by atoms with Crippen molar-refractivity contribution in [3.05, 3.63) is 60.8 Å². The summed E-state index contributed by atoms with van der Waals surface area (Å²) in [7, 11) is 0. The van der Waals surface area contributed by atoms with Gasteiger partial charge in [-0.15, -0.1) is 0 Å². The first-order valence-electron chi connectivity index (χ1n) is 31.4. The molecule has 2 fully saturated rings. The van der Waals surface area contributed by atoms with Gasteiger partial charge >= 0.3 is 5.97 Å². The Kier molecular flexibility index (Phi) is 46.4. The lowest BCUT2D eigenvalue weighted by Gasteiger charge is -2.42. The summed E-state index contributed by atoms with van der Waals surface area (Å²) in [5.41, 5.74) is 0. The molecule has 0 radical (unpaired) electrons. The van der Waals surface area contributed by atoms with E-state index in [1.54, 1.807) is 0 Å². The molecule has 11 unspecified atom stereocenters. The smallest absolute Gasteiger partial charge is 0.306 e. The van der Waals surface area contributed by atoms with Crippen molar-refractivity contribution in [1.82, 2.24) is 0 Å². The fourth-order valence-electron chi connectivity index (χ4n) is 9.78. The zero-order valence-electron chi connectivity index (χ0n) is 48.9. The largest absolute Gasteiger partial charge is 0.457 e. The third kappa shape index (κ3) is 36.2. The van der Waals surface area contributed by atoms with Crippen LogP contribution in [0, 0.1) is 0 Å². The van der Waals surface area contributed by atoms with Gasteiger partial charge in [0.2, 0.25) is 0 Å². The second-order valence-electron chi connectivity index (χ2n) is 21.9. The number of allylic oxidation sites excluding steroid dienone is 10. The van der Waals surface area contributed by atoms with E-state index in [4.69, 9.17) is 28.4 Å². The third-order valence-electron chi connectivity index (χ3n) is 14.8. The molecule has 0 spiro atoms. The van der Waals surface area contributed by atoms with Crippen LogP contribution in [0.3, 0.4) is 0 Å². The van der Waals surface area contributed by atoms with Crippen molar-refractivity contribution < 1.29 is 69.0 Å². The van der Waals surface area contributed by atoms with E-state index in [9.17, 15) is 40.5 Å². The fraction of sp³-hybridized carbons (Fsp3) is 0.828. The Balaban J connectivity index is 1.69. The Hall–Kier alpha value is -2.31. The molecule has 78 heavy (non-hydrogen) atoms. The van der Waals surface area contributed by atoms with Crippen molar-refractivity contribution >= 4 is 5.97 Å². The molecule has 0 aliphatic carbocycles. The number of rotatable bonds is 51. The van der Waals surface area contributed by atoms with Crippen LogP contribution in [0.1, 0.15) is 239 Å². The number of hydrogen-bond acceptors (Lipinski definition) is 14. The SMILES string of the molecule is CC/C=C\C/C=C\C/C=C\C/C=C\C/C=C\CCCCCCCCOCC(COC1OC(COC2OC(CO)C(O)C(O)C2O)C(O)C(O)C1O)OC(=O)CCCCCCCCCCCCCCCCCCCCCCCC. The highest BCUT2D eigenvalue weighted by molar-refractivity contribution is 5.69. The first kappa shape index (κ1) is 71.8. The predicted molar refractivity (Wildman–Crippen MR) is 312 cm³/mol. The average Bonchev–Trinajstić information content (AvgIpc) is 3.45. The number of hydrogen-bond donors (Lipinski definition) is 7. The van der Waals surface area contributed by atoms with Crippen LogP contribution >= 0.6 is 0 Å². The molecule has 14 nitrogen and oxygen atoms in total. The number of aliphatic hydroxyl groups excluding tert-OH is 7. The number of unbranched alkanes of at least 4 members (excludes halogenated alkanes) is 27. The van der Waals surface area contributed by atoms with Crippen LogP contribution < -0.4 is 0 Å². The highest BCUT2D eigenvalue weighted by atomic mass is 16.7. The first-order chi connectivity index (χ1) is 38.1. The van der Waals surface area contributed by atoms with Crippen LogP contribution in [-0.4, -0.2) is 142 Å². The van der Waals surface area contributed by atoms with Gasteiger partial charge in [0.05, 0.1) is 26.4 Å². The highest BCUT2D eigenvalue weighted by Crippen LogP contribution is 2.27. The molecule has 2 heterocycles. The van der Waals surface area contributed by atoms with Crippen molar-refractivity contribution in [3.8, 4) is 0 Å². The number of carbonyl (C=O) groups is 1. The standard InChI is InChI=1S/C64H114O14/c1-3-5-7-9-11-13-15-17-19-21-23-25-27-29-31-33-35-37-39-41-43-45-47-56(66)76-53(50-73-48-46-44-42-40-38-36-34-32-30-28-26-24-22-20-18-16-14-12-10-8-6-4-2)51-74-63-62(72)60(70)58(68)55(78-63)52-75-64-61(71)59(69)57(67)54(49-65)77-64/h6,8,12,14,18,20,24,26,30,32,53-55,57-65,67-72H,3-5,7,9-11,13,15-17,19,21-23,25,27-29,31,33-52H2,1-2H3/b8-6-,14-12-,20-18-,26-24-,32-30-. The summed E-state index contributed by atoms with van der Waals surface area (Å²) in [6.07, 6.45) is 47.1. The lowest BCUT2D eigenvalue weighted by Crippen LogP contribution is -2.61. The molecule has 0 aromatic rings. The van der Waals surface area contributed by atoms with Crippen LogP contribution in [0.4, 0.5) is 0 Å². The zero-order valence-corrected chi connectivity index (χ0v) is 48.9. The normalized spacial score (nSPS) is 24.5. The monoisotopic (exact) mass is 1110 g/mol. The average molecular weight is 1110 g/mol. The molecular weight excluding hydrogens is 993 g/mol. The predicted octanol–water partition coefficient (Wildman–Crippen LogP) is 12.0. The van der Waals surface area contributed by atoms with Crippen molar-refractivity contribution in [2.75, 3.05) is 33.0 Å². The van der Waals surface area contributed by atoms with Gasteiger partial charge in [0.25, 0.3) is 0 Å². The molecular formula is C64H114O14. The number of aliphatic hydroxyl groups is 7. The minimum absolute atomic E-state index is 0.0516. The molecule has 11 atom stereocenters. The van der Waals surface area contributed by atoms with Crippen molar-refractivity contribution in [2.24, 2.45) is 0 Å². The maximum atomic E-state index is 13.1. The molecule has 0 aromatic heterocycles. The summed E-state index contributed by atoms with van der Waals surface area (Å²) in [4.78, 5) is 13.1. The van der Waals surface area contributed by atoms with Gasteiger partial charge in [-0.25, -0.2) is 0 Å². The fourth-order valence-corrected chi connectivity index (χ4v) is 9.78. The molecule has 0 aromatic carbocycles. The Morgan fingerprint density at radius 3 is 1.31 bits per heavy atom. The van der Waals surface area contributed by atoms with E-state index < -0.39 is 80.7 Å². The second-order valence-corrected chi connectivity index (χ2v) is 21.9. The van der Waals surface area contributed by atoms with Crippen LogP contribution in [0.15, 0.2) is 60.8 Å². The summed E-state index contributed by atoms with van der Waals surface area (Å²) in [5, 5.41) is 72.5. The molecule has 0 bridgehead atoms. The third-order valence-corrected chi connectivity index (χ3v) is 14.8. The van der Waals surface area contributed by atoms with E-state index in [2.05, 4.69) is 74.6 Å². The number of carbonyl (C=O) groups excluding carboxylic acids is 1. The maximum absolute atomic E-state index is 13.1. The number of ether oxygens (including phenoxy) is 6. The van der Waals surface area contributed by atoms with Crippen LogP contribution in [0.5, 0.6) is 0 Å². The second kappa shape index (κ2) is 50.4. The lowest BCUT2D eigenvalue weighted by molar-refractivity contribution is -0.332. The van der Waals surface area contributed by atoms with Gasteiger partial charge in [-0.3, -0.25) is 4.79 Å². The quantitative estimate of drug-likeness (QED) is 0.0172. The zero-order chi connectivity index (χ0) is 56.5. The molecule has 454 valence electrons. The van der Waals surface area contributed by atoms with Crippen LogP contribution in [-0.2, 0) is 33.2 Å². The molecule has 2 rings (SSSR count).